The number of aromatic nitrogens is 3. The van der Waals surface area contributed by atoms with Crippen molar-refractivity contribution < 1.29 is 9.53 Å². The molecule has 26 heavy (non-hydrogen) atoms. The predicted molar refractivity (Wildman–Crippen MR) is 100 cm³/mol. The molecule has 0 fully saturated rings. The van der Waals surface area contributed by atoms with E-state index in [-0.39, 0.29) is 6.03 Å². The number of hydrogen-bond donors (Lipinski definition) is 2. The molecule has 0 bridgehead atoms. The first-order valence-electron chi connectivity index (χ1n) is 7.99. The highest BCUT2D eigenvalue weighted by molar-refractivity contribution is 6.31. The van der Waals surface area contributed by atoms with Gasteiger partial charge < -0.3 is 15.4 Å². The van der Waals surface area contributed by atoms with Crippen LogP contribution in [0.5, 0.6) is 5.75 Å². The van der Waals surface area contributed by atoms with Crippen molar-refractivity contribution in [2.24, 2.45) is 0 Å². The molecule has 0 spiro atoms. The summed E-state index contributed by atoms with van der Waals surface area (Å²) < 4.78 is 6.95. The van der Waals surface area contributed by atoms with Crippen molar-refractivity contribution in [1.29, 1.82) is 0 Å². The van der Waals surface area contributed by atoms with Crippen molar-refractivity contribution in [3.05, 3.63) is 59.9 Å². The number of halogens is 1. The largest absolute Gasteiger partial charge is 0.495 e. The maximum Gasteiger partial charge on any atom is 0.319 e. The number of carbonyl (C=O) groups excluding carboxylic acids is 1. The van der Waals surface area contributed by atoms with E-state index in [1.165, 1.54) is 7.11 Å². The monoisotopic (exact) mass is 371 g/mol. The van der Waals surface area contributed by atoms with Gasteiger partial charge in [-0.05, 0) is 36.4 Å². The number of nitrogens with zero attached hydrogens (tertiary/aromatic N) is 3. The summed E-state index contributed by atoms with van der Waals surface area (Å²) in [6, 6.07) is 12.2. The average Bonchev–Trinajstić information content (AvgIpc) is 3.11. The van der Waals surface area contributed by atoms with Crippen LogP contribution in [-0.4, -0.2) is 34.5 Å². The van der Waals surface area contributed by atoms with Gasteiger partial charge in [0.2, 0.25) is 0 Å². The number of ether oxygens (including phenoxy) is 1. The summed E-state index contributed by atoms with van der Waals surface area (Å²) in [6.45, 7) is 0.949. The lowest BCUT2D eigenvalue weighted by molar-refractivity contribution is 0.251. The van der Waals surface area contributed by atoms with Crippen molar-refractivity contribution in [3.63, 3.8) is 0 Å². The third-order valence-electron chi connectivity index (χ3n) is 3.60. The van der Waals surface area contributed by atoms with Crippen LogP contribution in [0.25, 0.3) is 11.4 Å². The van der Waals surface area contributed by atoms with Gasteiger partial charge in [0.15, 0.2) is 0 Å². The molecule has 0 aliphatic carbocycles. The summed E-state index contributed by atoms with van der Waals surface area (Å²) >= 11 is 5.95. The number of benzene rings is 1. The summed E-state index contributed by atoms with van der Waals surface area (Å²) in [4.78, 5) is 16.3. The Hall–Kier alpha value is -3.06. The fourth-order valence-electron chi connectivity index (χ4n) is 2.37. The number of rotatable bonds is 6. The van der Waals surface area contributed by atoms with Crippen LogP contribution in [0.3, 0.4) is 0 Å². The molecule has 2 amide bonds. The highest BCUT2D eigenvalue weighted by atomic mass is 35.5. The van der Waals surface area contributed by atoms with Gasteiger partial charge in [0.05, 0.1) is 25.0 Å². The lowest BCUT2D eigenvalue weighted by Gasteiger charge is -2.11. The van der Waals surface area contributed by atoms with Gasteiger partial charge in [0, 0.05) is 24.0 Å². The minimum Gasteiger partial charge on any atom is -0.495 e. The Morgan fingerprint density at radius 1 is 1.23 bits per heavy atom. The Morgan fingerprint density at radius 3 is 2.88 bits per heavy atom. The zero-order valence-electron chi connectivity index (χ0n) is 14.1. The molecule has 8 heteroatoms. The smallest absolute Gasteiger partial charge is 0.319 e. The summed E-state index contributed by atoms with van der Waals surface area (Å²) in [5, 5.41) is 10.5. The van der Waals surface area contributed by atoms with Gasteiger partial charge in [0.25, 0.3) is 0 Å². The molecule has 134 valence electrons. The number of pyridine rings is 1. The molecule has 0 radical (unpaired) electrons. The lowest BCUT2D eigenvalue weighted by Crippen LogP contribution is -2.31. The second-order valence-electron chi connectivity index (χ2n) is 5.40. The van der Waals surface area contributed by atoms with Crippen LogP contribution in [0, 0.1) is 0 Å². The molecule has 0 saturated heterocycles. The average molecular weight is 372 g/mol. The number of anilines is 1. The lowest BCUT2D eigenvalue weighted by atomic mass is 10.3. The first-order valence-corrected chi connectivity index (χ1v) is 8.37. The quantitative estimate of drug-likeness (QED) is 0.695. The molecule has 3 rings (SSSR count). The minimum atomic E-state index is -0.345. The topological polar surface area (TPSA) is 81.1 Å². The molecule has 7 nitrogen and oxygen atoms in total. The van der Waals surface area contributed by atoms with Gasteiger partial charge >= 0.3 is 6.03 Å². The van der Waals surface area contributed by atoms with Gasteiger partial charge in [-0.25, -0.2) is 4.79 Å². The zero-order valence-corrected chi connectivity index (χ0v) is 14.9. The SMILES string of the molecule is COc1ccc(Cl)cc1NC(=O)NCCn1ccc(-c2ccccn2)n1. The second-order valence-corrected chi connectivity index (χ2v) is 5.84. The number of methoxy groups -OCH3 is 1. The van der Waals surface area contributed by atoms with Gasteiger partial charge in [-0.15, -0.1) is 0 Å². The first kappa shape index (κ1) is 17.8. The highest BCUT2D eigenvalue weighted by Crippen LogP contribution is 2.27. The fourth-order valence-corrected chi connectivity index (χ4v) is 2.54. The Balaban J connectivity index is 1.52. The number of nitrogens with one attached hydrogen (secondary N) is 2. The van der Waals surface area contributed by atoms with Crippen molar-refractivity contribution in [3.8, 4) is 17.1 Å². The van der Waals surface area contributed by atoms with Crippen molar-refractivity contribution in [2.75, 3.05) is 19.0 Å². The molecule has 0 aliphatic rings. The molecular weight excluding hydrogens is 354 g/mol. The normalized spacial score (nSPS) is 10.4. The standard InChI is InChI=1S/C18H18ClN5O2/c1-26-17-6-5-13(19)12-16(17)22-18(25)21-9-11-24-10-7-15(23-24)14-4-2-3-8-20-14/h2-8,10,12H,9,11H2,1H3,(H2,21,22,25). The van der Waals surface area contributed by atoms with Crippen LogP contribution in [0.2, 0.25) is 5.02 Å². The van der Waals surface area contributed by atoms with Gasteiger partial charge in [0.1, 0.15) is 11.4 Å². The van der Waals surface area contributed by atoms with E-state index in [1.807, 2.05) is 30.5 Å². The van der Waals surface area contributed by atoms with Crippen LogP contribution in [-0.2, 0) is 6.54 Å². The Kier molecular flexibility index (Phi) is 5.70. The maximum atomic E-state index is 12.0. The van der Waals surface area contributed by atoms with Crippen LogP contribution in [0.15, 0.2) is 54.9 Å². The van der Waals surface area contributed by atoms with Crippen LogP contribution in [0.4, 0.5) is 10.5 Å². The van der Waals surface area contributed by atoms with E-state index in [0.717, 1.165) is 11.4 Å². The molecule has 2 heterocycles. The zero-order chi connectivity index (χ0) is 18.4. The van der Waals surface area contributed by atoms with E-state index in [4.69, 9.17) is 16.3 Å². The molecule has 3 aromatic rings. The molecule has 0 saturated carbocycles. The number of urea groups is 1. The van der Waals surface area contributed by atoms with E-state index in [2.05, 4.69) is 20.7 Å². The maximum absolute atomic E-state index is 12.0. The molecule has 0 aliphatic heterocycles. The summed E-state index contributed by atoms with van der Waals surface area (Å²) in [7, 11) is 1.53. The third kappa shape index (κ3) is 4.52. The van der Waals surface area contributed by atoms with Crippen molar-refractivity contribution in [2.45, 2.75) is 6.54 Å². The Labute approximate surface area is 156 Å². The van der Waals surface area contributed by atoms with Crippen molar-refractivity contribution in [1.82, 2.24) is 20.1 Å². The predicted octanol–water partition coefficient (Wildman–Crippen LogP) is 3.43. The Morgan fingerprint density at radius 2 is 2.12 bits per heavy atom. The fraction of sp³-hybridized carbons (Fsp3) is 0.167. The molecular formula is C18H18ClN5O2. The van der Waals surface area contributed by atoms with E-state index < -0.39 is 0 Å². The van der Waals surface area contributed by atoms with Gasteiger partial charge in [-0.2, -0.15) is 5.10 Å². The Bertz CT molecular complexity index is 882. The molecule has 2 aromatic heterocycles. The number of carbonyl (C=O) groups is 1. The molecule has 2 N–H and O–H groups in total. The van der Waals surface area contributed by atoms with Crippen LogP contribution >= 0.6 is 11.6 Å². The van der Waals surface area contributed by atoms with Crippen LogP contribution in [0.1, 0.15) is 0 Å². The molecule has 1 aromatic carbocycles. The van der Waals surface area contributed by atoms with Crippen LogP contribution < -0.4 is 15.4 Å². The number of amides is 2. The number of hydrogen-bond acceptors (Lipinski definition) is 4. The molecule has 0 unspecified atom stereocenters. The third-order valence-corrected chi connectivity index (χ3v) is 3.84. The highest BCUT2D eigenvalue weighted by Gasteiger charge is 2.08. The minimum absolute atomic E-state index is 0.345. The first-order chi connectivity index (χ1) is 12.7. The second kappa shape index (κ2) is 8.35. The summed E-state index contributed by atoms with van der Waals surface area (Å²) in [5.74, 6) is 0.539. The summed E-state index contributed by atoms with van der Waals surface area (Å²) in [6.07, 6.45) is 3.58. The van der Waals surface area contributed by atoms with E-state index in [1.54, 1.807) is 29.1 Å². The van der Waals surface area contributed by atoms with E-state index in [9.17, 15) is 4.79 Å². The van der Waals surface area contributed by atoms with Gasteiger partial charge in [-0.3, -0.25) is 9.67 Å². The molecule has 0 atom stereocenters. The van der Waals surface area contributed by atoms with Crippen molar-refractivity contribution >= 4 is 23.3 Å². The van der Waals surface area contributed by atoms with E-state index >= 15 is 0 Å². The summed E-state index contributed by atoms with van der Waals surface area (Å²) in [5.41, 5.74) is 2.11. The van der Waals surface area contributed by atoms with E-state index in [0.29, 0.717) is 29.5 Å². The van der Waals surface area contributed by atoms with Gasteiger partial charge in [-0.1, -0.05) is 17.7 Å².